The quantitative estimate of drug-likeness (QED) is 0.475. The van der Waals surface area contributed by atoms with E-state index in [9.17, 15) is 9.59 Å². The molecule has 0 bridgehead atoms. The number of rotatable bonds is 5. The van der Waals surface area contributed by atoms with E-state index < -0.39 is 11.8 Å². The van der Waals surface area contributed by atoms with Crippen LogP contribution in [0.1, 0.15) is 33.5 Å². The van der Waals surface area contributed by atoms with E-state index in [0.29, 0.717) is 34.9 Å². The van der Waals surface area contributed by atoms with Crippen molar-refractivity contribution < 1.29 is 14.3 Å². The van der Waals surface area contributed by atoms with E-state index in [1.54, 1.807) is 24.3 Å². The lowest BCUT2D eigenvalue weighted by atomic mass is 10.2. The van der Waals surface area contributed by atoms with Gasteiger partial charge in [-0.3, -0.25) is 20.4 Å². The summed E-state index contributed by atoms with van der Waals surface area (Å²) in [5.41, 5.74) is 6.63. The van der Waals surface area contributed by atoms with Gasteiger partial charge < -0.3 is 4.74 Å². The number of nitrogens with zero attached hydrogens (tertiary/aromatic N) is 5. The second-order valence-corrected chi connectivity index (χ2v) is 6.50. The van der Waals surface area contributed by atoms with Crippen LogP contribution in [0.3, 0.4) is 0 Å². The Bertz CT molecular complexity index is 1250. The van der Waals surface area contributed by atoms with Crippen molar-refractivity contribution in [1.82, 2.24) is 35.8 Å². The second-order valence-electron chi connectivity index (χ2n) is 6.50. The van der Waals surface area contributed by atoms with Gasteiger partial charge in [-0.05, 0) is 24.6 Å². The molecule has 0 radical (unpaired) electrons. The van der Waals surface area contributed by atoms with Crippen LogP contribution in [0.15, 0.2) is 54.7 Å². The number of carbonyl (C=O) groups excluding carboxylic acids is 2. The summed E-state index contributed by atoms with van der Waals surface area (Å²) in [7, 11) is 1.50. The number of aromatic nitrogens is 5. The molecule has 4 aromatic rings. The SMILES string of the molecule is CCc1c(C(=O)NNC(=O)c2ccc3ccccc3n2)cnn1-c1ccc(OC)nn1. The van der Waals surface area contributed by atoms with Crippen molar-refractivity contribution in [3.63, 3.8) is 0 Å². The van der Waals surface area contributed by atoms with Gasteiger partial charge in [-0.15, -0.1) is 10.2 Å². The summed E-state index contributed by atoms with van der Waals surface area (Å²) in [6, 6.07) is 14.2. The van der Waals surface area contributed by atoms with Crippen molar-refractivity contribution >= 4 is 22.7 Å². The van der Waals surface area contributed by atoms with Crippen molar-refractivity contribution in [2.75, 3.05) is 7.11 Å². The molecule has 0 spiro atoms. The number of nitrogens with one attached hydrogen (secondary N) is 2. The van der Waals surface area contributed by atoms with Gasteiger partial charge in [0, 0.05) is 11.5 Å². The predicted octanol–water partition coefficient (Wildman–Crippen LogP) is 1.86. The van der Waals surface area contributed by atoms with Crippen LogP contribution in [0.2, 0.25) is 0 Å². The third-order valence-corrected chi connectivity index (χ3v) is 4.62. The molecule has 0 aliphatic heterocycles. The Labute approximate surface area is 177 Å². The van der Waals surface area contributed by atoms with Crippen LogP contribution in [0, 0.1) is 0 Å². The Kier molecular flexibility index (Phi) is 5.52. The van der Waals surface area contributed by atoms with E-state index in [1.165, 1.54) is 18.0 Å². The van der Waals surface area contributed by atoms with Gasteiger partial charge in [-0.25, -0.2) is 9.67 Å². The molecule has 0 saturated heterocycles. The first-order chi connectivity index (χ1) is 15.1. The summed E-state index contributed by atoms with van der Waals surface area (Å²) in [6.45, 7) is 1.89. The number of amides is 2. The predicted molar refractivity (Wildman–Crippen MR) is 112 cm³/mol. The first kappa shape index (κ1) is 20.0. The monoisotopic (exact) mass is 417 g/mol. The van der Waals surface area contributed by atoms with Crippen molar-refractivity contribution in [1.29, 1.82) is 0 Å². The Balaban J connectivity index is 1.49. The molecule has 0 aliphatic carbocycles. The minimum absolute atomic E-state index is 0.193. The largest absolute Gasteiger partial charge is 0.480 e. The number of ether oxygens (including phenoxy) is 1. The highest BCUT2D eigenvalue weighted by atomic mass is 16.5. The van der Waals surface area contributed by atoms with Crippen LogP contribution >= 0.6 is 0 Å². The number of benzene rings is 1. The Morgan fingerprint density at radius 3 is 2.55 bits per heavy atom. The van der Waals surface area contributed by atoms with Crippen LogP contribution in [0.4, 0.5) is 0 Å². The highest BCUT2D eigenvalue weighted by Gasteiger charge is 2.19. The number of methoxy groups -OCH3 is 1. The number of hydrogen-bond acceptors (Lipinski definition) is 7. The van der Waals surface area contributed by atoms with Crippen molar-refractivity contribution in [2.45, 2.75) is 13.3 Å². The molecule has 2 amide bonds. The fraction of sp³-hybridized carbons (Fsp3) is 0.143. The zero-order valence-electron chi connectivity index (χ0n) is 16.9. The zero-order valence-corrected chi connectivity index (χ0v) is 16.9. The standard InChI is InChI=1S/C21H19N7O3/c1-3-17-14(12-22-28(17)18-10-11-19(31-2)25-24-18)20(29)26-27-21(30)16-9-8-13-6-4-5-7-15(13)23-16/h4-12H,3H2,1-2H3,(H,26,29)(H,27,30). The molecule has 4 rings (SSSR count). The maximum absolute atomic E-state index is 12.7. The smallest absolute Gasteiger partial charge is 0.288 e. The number of carbonyl (C=O) groups is 2. The van der Waals surface area contributed by atoms with Crippen molar-refractivity contribution in [3.8, 4) is 11.7 Å². The zero-order chi connectivity index (χ0) is 21.8. The lowest BCUT2D eigenvalue weighted by Crippen LogP contribution is -2.42. The summed E-state index contributed by atoms with van der Waals surface area (Å²) >= 11 is 0. The molecule has 2 N–H and O–H groups in total. The fourth-order valence-electron chi connectivity index (χ4n) is 3.07. The van der Waals surface area contributed by atoms with Gasteiger partial charge in [0.15, 0.2) is 5.82 Å². The summed E-state index contributed by atoms with van der Waals surface area (Å²) in [6.07, 6.45) is 1.93. The van der Waals surface area contributed by atoms with Crippen LogP contribution in [-0.4, -0.2) is 43.9 Å². The molecule has 3 heterocycles. The summed E-state index contributed by atoms with van der Waals surface area (Å²) in [5, 5.41) is 13.1. The molecule has 0 aliphatic rings. The number of pyridine rings is 1. The Hall–Kier alpha value is -4.34. The number of hydrazine groups is 1. The highest BCUT2D eigenvalue weighted by Crippen LogP contribution is 2.15. The number of para-hydroxylation sites is 1. The molecule has 0 atom stereocenters. The first-order valence-electron chi connectivity index (χ1n) is 9.52. The summed E-state index contributed by atoms with van der Waals surface area (Å²) in [4.78, 5) is 29.4. The van der Waals surface area contributed by atoms with Crippen molar-refractivity contribution in [3.05, 3.63) is 71.7 Å². The Morgan fingerprint density at radius 2 is 1.81 bits per heavy atom. The van der Waals surface area contributed by atoms with E-state index in [-0.39, 0.29) is 5.69 Å². The van der Waals surface area contributed by atoms with E-state index >= 15 is 0 Å². The molecule has 3 aromatic heterocycles. The van der Waals surface area contributed by atoms with Gasteiger partial charge in [0.2, 0.25) is 5.88 Å². The molecule has 0 fully saturated rings. The van der Waals surface area contributed by atoms with Gasteiger partial charge in [-0.2, -0.15) is 5.10 Å². The maximum atomic E-state index is 12.7. The molecule has 10 nitrogen and oxygen atoms in total. The molecule has 10 heteroatoms. The minimum atomic E-state index is -0.523. The van der Waals surface area contributed by atoms with E-state index in [0.717, 1.165) is 5.39 Å². The van der Waals surface area contributed by atoms with Crippen LogP contribution in [-0.2, 0) is 6.42 Å². The molecular weight excluding hydrogens is 398 g/mol. The average Bonchev–Trinajstić information content (AvgIpc) is 3.26. The van der Waals surface area contributed by atoms with E-state index in [2.05, 4.69) is 31.1 Å². The third kappa shape index (κ3) is 4.04. The fourth-order valence-corrected chi connectivity index (χ4v) is 3.07. The van der Waals surface area contributed by atoms with Crippen molar-refractivity contribution in [2.24, 2.45) is 0 Å². The lowest BCUT2D eigenvalue weighted by molar-refractivity contribution is 0.0843. The van der Waals surface area contributed by atoms with Gasteiger partial charge in [0.25, 0.3) is 11.8 Å². The van der Waals surface area contributed by atoms with E-state index in [1.807, 2.05) is 31.2 Å². The van der Waals surface area contributed by atoms with Crippen LogP contribution in [0.5, 0.6) is 5.88 Å². The lowest BCUT2D eigenvalue weighted by Gasteiger charge is -2.09. The molecule has 1 aromatic carbocycles. The van der Waals surface area contributed by atoms with Crippen LogP contribution in [0.25, 0.3) is 16.7 Å². The van der Waals surface area contributed by atoms with Gasteiger partial charge in [0.05, 0.1) is 30.1 Å². The van der Waals surface area contributed by atoms with Crippen LogP contribution < -0.4 is 15.6 Å². The average molecular weight is 417 g/mol. The first-order valence-corrected chi connectivity index (χ1v) is 9.52. The number of fused-ring (bicyclic) bond motifs is 1. The minimum Gasteiger partial charge on any atom is -0.480 e. The maximum Gasteiger partial charge on any atom is 0.288 e. The summed E-state index contributed by atoms with van der Waals surface area (Å²) < 4.78 is 6.53. The highest BCUT2D eigenvalue weighted by molar-refractivity contribution is 5.99. The molecule has 31 heavy (non-hydrogen) atoms. The van der Waals surface area contributed by atoms with E-state index in [4.69, 9.17) is 4.74 Å². The van der Waals surface area contributed by atoms with Gasteiger partial charge >= 0.3 is 0 Å². The molecule has 156 valence electrons. The molecule has 0 unspecified atom stereocenters. The second kappa shape index (κ2) is 8.57. The topological polar surface area (TPSA) is 124 Å². The number of hydrogen-bond donors (Lipinski definition) is 2. The Morgan fingerprint density at radius 1 is 1.00 bits per heavy atom. The summed E-state index contributed by atoms with van der Waals surface area (Å²) in [5.74, 6) is -0.206. The molecule has 0 saturated carbocycles. The third-order valence-electron chi connectivity index (χ3n) is 4.62. The van der Waals surface area contributed by atoms with Gasteiger partial charge in [-0.1, -0.05) is 31.2 Å². The normalized spacial score (nSPS) is 10.6. The molecular formula is C21H19N7O3. The van der Waals surface area contributed by atoms with Gasteiger partial charge in [0.1, 0.15) is 5.69 Å².